The summed E-state index contributed by atoms with van der Waals surface area (Å²) in [4.78, 5) is 25.7. The van der Waals surface area contributed by atoms with Crippen molar-refractivity contribution >= 4 is 27.5 Å². The topological polar surface area (TPSA) is 104 Å². The van der Waals surface area contributed by atoms with Crippen molar-refractivity contribution in [2.75, 3.05) is 11.9 Å². The van der Waals surface area contributed by atoms with Crippen LogP contribution in [0.2, 0.25) is 0 Å². The van der Waals surface area contributed by atoms with E-state index in [2.05, 4.69) is 21.9 Å². The Hall–Kier alpha value is -3.75. The van der Waals surface area contributed by atoms with Gasteiger partial charge in [0, 0.05) is 17.8 Å². The van der Waals surface area contributed by atoms with Crippen molar-refractivity contribution in [2.45, 2.75) is 11.8 Å². The van der Waals surface area contributed by atoms with Gasteiger partial charge < -0.3 is 10.6 Å². The minimum atomic E-state index is -3.48. The molecule has 3 N–H and O–H groups in total. The number of hydrogen-bond donors (Lipinski definition) is 3. The standard InChI is InChI=1S/C25H25N3O4S/c1-2-17-26-33(31,32)18-19-13-15-22(16-14-19)27-25(30)23(20-9-5-3-6-10-20)28-24(29)21-11-7-4-8-12-21/h2-16,23,26H,1,17-18H2,(H,27,30)(H,28,29). The maximum Gasteiger partial charge on any atom is 0.252 e. The van der Waals surface area contributed by atoms with Crippen LogP contribution in [0.4, 0.5) is 5.69 Å². The van der Waals surface area contributed by atoms with E-state index in [1.807, 2.05) is 12.1 Å². The lowest BCUT2D eigenvalue weighted by Crippen LogP contribution is -2.37. The largest absolute Gasteiger partial charge is 0.336 e. The molecule has 0 radical (unpaired) electrons. The van der Waals surface area contributed by atoms with Gasteiger partial charge in [0.25, 0.3) is 11.8 Å². The Morgan fingerprint density at radius 1 is 0.879 bits per heavy atom. The van der Waals surface area contributed by atoms with Crippen molar-refractivity contribution in [3.05, 3.63) is 114 Å². The zero-order valence-electron chi connectivity index (χ0n) is 17.9. The number of amides is 2. The number of carbonyl (C=O) groups is 2. The first-order valence-electron chi connectivity index (χ1n) is 10.3. The third-order valence-electron chi connectivity index (χ3n) is 4.73. The van der Waals surface area contributed by atoms with Crippen LogP contribution in [-0.4, -0.2) is 26.8 Å². The van der Waals surface area contributed by atoms with Crippen LogP contribution in [0.3, 0.4) is 0 Å². The molecule has 0 heterocycles. The molecule has 0 aromatic heterocycles. The van der Waals surface area contributed by atoms with Crippen LogP contribution < -0.4 is 15.4 Å². The van der Waals surface area contributed by atoms with Crippen molar-refractivity contribution in [3.8, 4) is 0 Å². The molecule has 7 nitrogen and oxygen atoms in total. The van der Waals surface area contributed by atoms with Gasteiger partial charge >= 0.3 is 0 Å². The molecule has 8 heteroatoms. The van der Waals surface area contributed by atoms with Crippen LogP contribution in [0, 0.1) is 0 Å². The van der Waals surface area contributed by atoms with Gasteiger partial charge in [-0.15, -0.1) is 6.58 Å². The van der Waals surface area contributed by atoms with Crippen molar-refractivity contribution in [3.63, 3.8) is 0 Å². The summed E-state index contributed by atoms with van der Waals surface area (Å²) in [6.07, 6.45) is 1.47. The van der Waals surface area contributed by atoms with Crippen molar-refractivity contribution < 1.29 is 18.0 Å². The van der Waals surface area contributed by atoms with Gasteiger partial charge in [0.1, 0.15) is 6.04 Å². The molecule has 0 bridgehead atoms. The number of anilines is 1. The van der Waals surface area contributed by atoms with Crippen molar-refractivity contribution in [1.29, 1.82) is 0 Å². The van der Waals surface area contributed by atoms with Gasteiger partial charge in [0.15, 0.2) is 0 Å². The van der Waals surface area contributed by atoms with Crippen LogP contribution in [0.5, 0.6) is 0 Å². The molecule has 170 valence electrons. The monoisotopic (exact) mass is 463 g/mol. The molecule has 3 aromatic carbocycles. The normalized spacial score (nSPS) is 11.9. The Bertz CT molecular complexity index is 1200. The second-order valence-corrected chi connectivity index (χ2v) is 9.07. The molecule has 3 aromatic rings. The first-order chi connectivity index (χ1) is 15.9. The lowest BCUT2D eigenvalue weighted by atomic mass is 10.0. The lowest BCUT2D eigenvalue weighted by molar-refractivity contribution is -0.118. The Morgan fingerprint density at radius 2 is 1.48 bits per heavy atom. The number of hydrogen-bond acceptors (Lipinski definition) is 4. The van der Waals surface area contributed by atoms with Crippen molar-refractivity contribution in [1.82, 2.24) is 10.0 Å². The second kappa shape index (κ2) is 11.2. The van der Waals surface area contributed by atoms with E-state index in [-0.39, 0.29) is 18.2 Å². The molecular formula is C25H25N3O4S. The molecule has 0 aliphatic carbocycles. The summed E-state index contributed by atoms with van der Waals surface area (Å²) >= 11 is 0. The lowest BCUT2D eigenvalue weighted by Gasteiger charge is -2.19. The molecular weight excluding hydrogens is 438 g/mol. The summed E-state index contributed by atoms with van der Waals surface area (Å²) < 4.78 is 26.5. The predicted octanol–water partition coefficient (Wildman–Crippen LogP) is 3.40. The first-order valence-corrected chi connectivity index (χ1v) is 11.9. The van der Waals surface area contributed by atoms with E-state index in [0.29, 0.717) is 22.4 Å². The van der Waals surface area contributed by atoms with Gasteiger partial charge in [0.2, 0.25) is 10.0 Å². The van der Waals surface area contributed by atoms with Crippen LogP contribution in [-0.2, 0) is 20.6 Å². The fraction of sp³-hybridized carbons (Fsp3) is 0.120. The Balaban J connectivity index is 1.73. The smallest absolute Gasteiger partial charge is 0.252 e. The van der Waals surface area contributed by atoms with Crippen LogP contribution in [0.1, 0.15) is 27.5 Å². The minimum Gasteiger partial charge on any atom is -0.336 e. The Morgan fingerprint density at radius 3 is 2.09 bits per heavy atom. The van der Waals surface area contributed by atoms with E-state index < -0.39 is 22.0 Å². The molecule has 0 fully saturated rings. The number of rotatable bonds is 10. The van der Waals surface area contributed by atoms with E-state index in [1.54, 1.807) is 72.8 Å². The highest BCUT2D eigenvalue weighted by Gasteiger charge is 2.23. The summed E-state index contributed by atoms with van der Waals surface area (Å²) in [5.41, 5.74) is 2.13. The molecule has 0 aliphatic heterocycles. The molecule has 0 saturated heterocycles. The summed E-state index contributed by atoms with van der Waals surface area (Å²) in [6, 6.07) is 23.2. The summed E-state index contributed by atoms with van der Waals surface area (Å²) in [7, 11) is -3.48. The quantitative estimate of drug-likeness (QED) is 0.401. The summed E-state index contributed by atoms with van der Waals surface area (Å²) in [5.74, 6) is -0.972. The highest BCUT2D eigenvalue weighted by atomic mass is 32.2. The third-order valence-corrected chi connectivity index (χ3v) is 6.05. The molecule has 0 saturated carbocycles. The highest BCUT2D eigenvalue weighted by Crippen LogP contribution is 2.18. The van der Waals surface area contributed by atoms with Gasteiger partial charge in [-0.05, 0) is 35.4 Å². The molecule has 3 rings (SSSR count). The molecule has 2 amide bonds. The second-order valence-electron chi connectivity index (χ2n) is 7.27. The number of sulfonamides is 1. The molecule has 0 spiro atoms. The zero-order chi connectivity index (χ0) is 23.7. The van der Waals surface area contributed by atoms with E-state index in [1.165, 1.54) is 6.08 Å². The van der Waals surface area contributed by atoms with E-state index >= 15 is 0 Å². The van der Waals surface area contributed by atoms with E-state index in [9.17, 15) is 18.0 Å². The molecule has 0 aliphatic rings. The van der Waals surface area contributed by atoms with Gasteiger partial charge in [0.05, 0.1) is 5.75 Å². The molecule has 1 atom stereocenters. The first kappa shape index (κ1) is 23.9. The number of carbonyl (C=O) groups excluding carboxylic acids is 2. The Kier molecular flexibility index (Phi) is 8.12. The minimum absolute atomic E-state index is 0.159. The van der Waals surface area contributed by atoms with Gasteiger partial charge in [-0.1, -0.05) is 66.7 Å². The van der Waals surface area contributed by atoms with Crippen LogP contribution >= 0.6 is 0 Å². The maximum absolute atomic E-state index is 13.1. The van der Waals surface area contributed by atoms with Gasteiger partial charge in [-0.2, -0.15) is 0 Å². The fourth-order valence-corrected chi connectivity index (χ4v) is 4.21. The van der Waals surface area contributed by atoms with Crippen LogP contribution in [0.25, 0.3) is 0 Å². The molecule has 33 heavy (non-hydrogen) atoms. The Labute approximate surface area is 193 Å². The highest BCUT2D eigenvalue weighted by molar-refractivity contribution is 7.88. The van der Waals surface area contributed by atoms with E-state index in [0.717, 1.165) is 0 Å². The number of benzene rings is 3. The van der Waals surface area contributed by atoms with Gasteiger partial charge in [-0.3, -0.25) is 9.59 Å². The zero-order valence-corrected chi connectivity index (χ0v) is 18.7. The summed E-state index contributed by atoms with van der Waals surface area (Å²) in [6.45, 7) is 3.65. The average Bonchev–Trinajstić information content (AvgIpc) is 2.83. The molecule has 1 unspecified atom stereocenters. The van der Waals surface area contributed by atoms with E-state index in [4.69, 9.17) is 0 Å². The SMILES string of the molecule is C=CCNS(=O)(=O)Cc1ccc(NC(=O)C(NC(=O)c2ccccc2)c2ccccc2)cc1. The van der Waals surface area contributed by atoms with Crippen molar-refractivity contribution in [2.24, 2.45) is 0 Å². The van der Waals surface area contributed by atoms with Gasteiger partial charge in [-0.25, -0.2) is 13.1 Å². The summed E-state index contributed by atoms with van der Waals surface area (Å²) in [5, 5.41) is 5.57. The predicted molar refractivity (Wildman–Crippen MR) is 129 cm³/mol. The number of nitrogens with one attached hydrogen (secondary N) is 3. The maximum atomic E-state index is 13.1. The average molecular weight is 464 g/mol. The fourth-order valence-electron chi connectivity index (χ4n) is 3.10. The third kappa shape index (κ3) is 7.13. The van der Waals surface area contributed by atoms with Crippen LogP contribution in [0.15, 0.2) is 97.6 Å².